The quantitative estimate of drug-likeness (QED) is 0.405. The zero-order valence-electron chi connectivity index (χ0n) is 19.5. The molecule has 2 aromatic heterocycles. The van der Waals surface area contributed by atoms with Gasteiger partial charge in [-0.3, -0.25) is 0 Å². The molecule has 0 spiro atoms. The Bertz CT molecular complexity index is 1280. The maximum atomic E-state index is 13.7. The van der Waals surface area contributed by atoms with Crippen LogP contribution in [0.25, 0.3) is 11.3 Å². The maximum Gasteiger partial charge on any atom is 0.417 e. The number of benzene rings is 1. The molecular formula is C27H25F3N4O2. The molecule has 2 bridgehead atoms. The first-order valence-corrected chi connectivity index (χ1v) is 12.3. The number of hydrogen-bond acceptors (Lipinski definition) is 6. The number of alkyl halides is 3. The summed E-state index contributed by atoms with van der Waals surface area (Å²) in [6.45, 7) is 0.177. The molecule has 3 fully saturated rings. The van der Waals surface area contributed by atoms with Gasteiger partial charge in [-0.2, -0.15) is 18.4 Å². The monoisotopic (exact) mass is 494 g/mol. The molecule has 0 radical (unpaired) electrons. The van der Waals surface area contributed by atoms with Crippen LogP contribution in [0, 0.1) is 11.3 Å². The van der Waals surface area contributed by atoms with Crippen LogP contribution in [-0.2, 0) is 17.5 Å². The smallest absolute Gasteiger partial charge is 0.373 e. The SMILES string of the molecule is N#Cc1ccc(N2[C@@H]3CC[C@H]2CC(OCc2c(-c4ccccc4C(F)(F)F)noc2C2CC2)C3)nc1. The minimum absolute atomic E-state index is 0.00945. The summed E-state index contributed by atoms with van der Waals surface area (Å²) in [4.78, 5) is 6.82. The number of fused-ring (bicyclic) bond motifs is 2. The summed E-state index contributed by atoms with van der Waals surface area (Å²) >= 11 is 0. The second-order valence-corrected chi connectivity index (χ2v) is 9.91. The number of piperidine rings is 1. The average Bonchev–Trinajstić information content (AvgIpc) is 3.58. The molecule has 9 heteroatoms. The van der Waals surface area contributed by atoms with Crippen LogP contribution in [0.3, 0.4) is 0 Å². The standard InChI is InChI=1S/C27H25F3N4O2/c28-27(29,30)23-4-2-1-3-21(23)25-22(26(36-33-25)17-6-7-17)15-35-20-11-18-8-9-19(12-20)34(18)24-10-5-16(13-31)14-32-24/h1-5,10,14,17-20H,6-9,11-12,15H2/t18-,19+,20?. The average molecular weight is 495 g/mol. The van der Waals surface area contributed by atoms with Crippen molar-refractivity contribution in [1.29, 1.82) is 5.26 Å². The third-order valence-corrected chi connectivity index (χ3v) is 7.55. The molecule has 6 nitrogen and oxygen atoms in total. The van der Waals surface area contributed by atoms with Gasteiger partial charge in [0.25, 0.3) is 0 Å². The van der Waals surface area contributed by atoms with Crippen molar-refractivity contribution in [2.45, 2.75) is 75.4 Å². The van der Waals surface area contributed by atoms with E-state index in [0.717, 1.165) is 50.4 Å². The molecule has 0 amide bonds. The third kappa shape index (κ3) is 4.24. The van der Waals surface area contributed by atoms with E-state index >= 15 is 0 Å². The van der Waals surface area contributed by atoms with E-state index in [2.05, 4.69) is 21.1 Å². The molecule has 4 heterocycles. The Labute approximate surface area is 206 Å². The van der Waals surface area contributed by atoms with Crippen LogP contribution in [0.1, 0.15) is 66.9 Å². The van der Waals surface area contributed by atoms with Crippen molar-refractivity contribution < 1.29 is 22.4 Å². The maximum absolute atomic E-state index is 13.7. The highest BCUT2D eigenvalue weighted by Gasteiger charge is 2.42. The summed E-state index contributed by atoms with van der Waals surface area (Å²) in [5.41, 5.74) is 0.710. The van der Waals surface area contributed by atoms with E-state index < -0.39 is 11.7 Å². The number of anilines is 1. The van der Waals surface area contributed by atoms with Crippen LogP contribution in [0.15, 0.2) is 47.1 Å². The first-order chi connectivity index (χ1) is 17.4. The van der Waals surface area contributed by atoms with E-state index in [-0.39, 0.29) is 42.0 Å². The van der Waals surface area contributed by atoms with Crippen LogP contribution in [0.5, 0.6) is 0 Å². The van der Waals surface area contributed by atoms with Gasteiger partial charge in [0, 0.05) is 35.3 Å². The van der Waals surface area contributed by atoms with E-state index in [4.69, 9.17) is 14.5 Å². The van der Waals surface area contributed by atoms with Crippen molar-refractivity contribution in [3.05, 3.63) is 65.0 Å². The number of pyridine rings is 1. The predicted molar refractivity (Wildman–Crippen MR) is 125 cm³/mol. The fourth-order valence-electron chi connectivity index (χ4n) is 5.72. The van der Waals surface area contributed by atoms with Gasteiger partial charge in [0.2, 0.25) is 0 Å². The van der Waals surface area contributed by atoms with E-state index in [1.807, 2.05) is 6.07 Å². The van der Waals surface area contributed by atoms with Crippen LogP contribution in [0.4, 0.5) is 19.0 Å². The van der Waals surface area contributed by atoms with Crippen molar-refractivity contribution >= 4 is 5.82 Å². The van der Waals surface area contributed by atoms with Crippen molar-refractivity contribution in [2.24, 2.45) is 0 Å². The Hall–Kier alpha value is -3.38. The van der Waals surface area contributed by atoms with E-state index in [9.17, 15) is 13.2 Å². The topological polar surface area (TPSA) is 75.2 Å². The first kappa shape index (κ1) is 23.0. The second kappa shape index (κ2) is 8.93. The number of nitrogens with zero attached hydrogens (tertiary/aromatic N) is 4. The number of nitriles is 1. The summed E-state index contributed by atoms with van der Waals surface area (Å²) in [6.07, 6.45) is 2.71. The molecule has 1 unspecified atom stereocenters. The van der Waals surface area contributed by atoms with Crippen molar-refractivity contribution in [3.63, 3.8) is 0 Å². The second-order valence-electron chi connectivity index (χ2n) is 9.91. The van der Waals surface area contributed by atoms with Gasteiger partial charge in [0.1, 0.15) is 23.3 Å². The van der Waals surface area contributed by atoms with Crippen LogP contribution in [0.2, 0.25) is 0 Å². The number of hydrogen-bond donors (Lipinski definition) is 0. The molecule has 1 saturated carbocycles. The summed E-state index contributed by atoms with van der Waals surface area (Å²) in [5.74, 6) is 1.73. The summed E-state index contributed by atoms with van der Waals surface area (Å²) < 4.78 is 53.1. The lowest BCUT2D eigenvalue weighted by Crippen LogP contribution is -2.46. The molecular weight excluding hydrogens is 469 g/mol. The Balaban J connectivity index is 1.21. The van der Waals surface area contributed by atoms with Gasteiger partial charge in [-0.15, -0.1) is 0 Å². The molecule has 36 heavy (non-hydrogen) atoms. The molecule has 0 N–H and O–H groups in total. The van der Waals surface area contributed by atoms with Gasteiger partial charge in [0.15, 0.2) is 0 Å². The third-order valence-electron chi connectivity index (χ3n) is 7.55. The fourth-order valence-corrected chi connectivity index (χ4v) is 5.72. The van der Waals surface area contributed by atoms with Gasteiger partial charge in [-0.1, -0.05) is 23.4 Å². The summed E-state index contributed by atoms with van der Waals surface area (Å²) in [5, 5.41) is 13.1. The highest BCUT2D eigenvalue weighted by atomic mass is 19.4. The van der Waals surface area contributed by atoms with E-state index in [1.54, 1.807) is 18.3 Å². The van der Waals surface area contributed by atoms with Crippen LogP contribution >= 0.6 is 0 Å². The van der Waals surface area contributed by atoms with Crippen LogP contribution in [-0.4, -0.2) is 28.3 Å². The summed E-state index contributed by atoms with van der Waals surface area (Å²) in [7, 11) is 0. The van der Waals surface area contributed by atoms with Crippen molar-refractivity contribution in [2.75, 3.05) is 4.90 Å². The summed E-state index contributed by atoms with van der Waals surface area (Å²) in [6, 6.07) is 11.9. The van der Waals surface area contributed by atoms with E-state index in [1.165, 1.54) is 12.1 Å². The number of aromatic nitrogens is 2. The highest BCUT2D eigenvalue weighted by molar-refractivity contribution is 5.68. The molecule has 2 aliphatic heterocycles. The normalized spacial score (nSPS) is 23.6. The minimum atomic E-state index is -4.49. The highest BCUT2D eigenvalue weighted by Crippen LogP contribution is 2.46. The van der Waals surface area contributed by atoms with Crippen molar-refractivity contribution in [3.8, 4) is 17.3 Å². The lowest BCUT2D eigenvalue weighted by atomic mass is 9.98. The van der Waals surface area contributed by atoms with Gasteiger partial charge in [-0.05, 0) is 56.7 Å². The molecule has 2 saturated heterocycles. The Morgan fingerprint density at radius 2 is 1.81 bits per heavy atom. The molecule has 3 aromatic rings. The molecule has 186 valence electrons. The minimum Gasteiger partial charge on any atom is -0.373 e. The Kier molecular flexibility index (Phi) is 5.72. The molecule has 1 aromatic carbocycles. The lowest BCUT2D eigenvalue weighted by molar-refractivity contribution is -0.137. The predicted octanol–water partition coefficient (Wildman–Crippen LogP) is 6.22. The van der Waals surface area contributed by atoms with Gasteiger partial charge in [-0.25, -0.2) is 4.98 Å². The number of ether oxygens (including phenoxy) is 1. The Morgan fingerprint density at radius 3 is 2.44 bits per heavy atom. The fraction of sp³-hybridized carbons (Fsp3) is 0.444. The zero-order valence-corrected chi connectivity index (χ0v) is 19.5. The number of halogens is 3. The van der Waals surface area contributed by atoms with Crippen molar-refractivity contribution in [1.82, 2.24) is 10.1 Å². The van der Waals surface area contributed by atoms with Crippen LogP contribution < -0.4 is 4.90 Å². The first-order valence-electron chi connectivity index (χ1n) is 12.3. The molecule has 6 rings (SSSR count). The number of rotatable bonds is 6. The largest absolute Gasteiger partial charge is 0.417 e. The molecule has 3 aliphatic rings. The van der Waals surface area contributed by atoms with Gasteiger partial charge < -0.3 is 14.2 Å². The zero-order chi connectivity index (χ0) is 24.9. The molecule has 3 atom stereocenters. The van der Waals surface area contributed by atoms with E-state index in [0.29, 0.717) is 16.9 Å². The van der Waals surface area contributed by atoms with Gasteiger partial charge in [0.05, 0.1) is 23.8 Å². The molecule has 1 aliphatic carbocycles. The van der Waals surface area contributed by atoms with Gasteiger partial charge >= 0.3 is 6.18 Å². The Morgan fingerprint density at radius 1 is 1.06 bits per heavy atom. The lowest BCUT2D eigenvalue weighted by Gasteiger charge is -2.39.